The summed E-state index contributed by atoms with van der Waals surface area (Å²) in [5.41, 5.74) is 5.00. The Morgan fingerprint density at radius 3 is 2.30 bits per heavy atom. The number of nitrogens with one attached hydrogen (secondary N) is 1. The van der Waals surface area contributed by atoms with E-state index in [0.29, 0.717) is 12.2 Å². The Morgan fingerprint density at radius 1 is 1.13 bits per heavy atom. The van der Waals surface area contributed by atoms with Crippen molar-refractivity contribution in [3.05, 3.63) is 60.7 Å². The molecule has 0 aliphatic carbocycles. The molecule has 1 amide bonds. The number of ether oxygens (including phenoxy) is 1. The lowest BCUT2D eigenvalue weighted by atomic mass is 10.2. The van der Waals surface area contributed by atoms with E-state index in [2.05, 4.69) is 55.7 Å². The largest absolute Gasteiger partial charge is 0.487 e. The molecule has 0 aliphatic rings. The van der Waals surface area contributed by atoms with Crippen molar-refractivity contribution in [3.63, 3.8) is 0 Å². The molecular formula is C17H16I2N2O2. The molecule has 120 valence electrons. The van der Waals surface area contributed by atoms with Crippen molar-refractivity contribution in [3.8, 4) is 5.75 Å². The van der Waals surface area contributed by atoms with Crippen LogP contribution < -0.4 is 10.2 Å². The number of hydrazone groups is 1. The van der Waals surface area contributed by atoms with E-state index in [-0.39, 0.29) is 5.91 Å². The van der Waals surface area contributed by atoms with Gasteiger partial charge in [-0.05, 0) is 76.7 Å². The molecule has 2 aromatic rings. The number of nitrogens with zero attached hydrogens (tertiary/aromatic N) is 1. The highest BCUT2D eigenvalue weighted by molar-refractivity contribution is 14.1. The lowest BCUT2D eigenvalue weighted by molar-refractivity contribution is 0.0954. The van der Waals surface area contributed by atoms with Gasteiger partial charge in [-0.25, -0.2) is 5.43 Å². The van der Waals surface area contributed by atoms with Gasteiger partial charge in [-0.3, -0.25) is 4.79 Å². The summed E-state index contributed by atoms with van der Waals surface area (Å²) in [5, 5.41) is 3.94. The number of amides is 1. The summed E-state index contributed by atoms with van der Waals surface area (Å²) in [6.45, 7) is 4.15. The van der Waals surface area contributed by atoms with Crippen LogP contribution in [0.25, 0.3) is 0 Å². The molecule has 23 heavy (non-hydrogen) atoms. The van der Waals surface area contributed by atoms with E-state index in [1.54, 1.807) is 12.1 Å². The van der Waals surface area contributed by atoms with Crippen molar-refractivity contribution < 1.29 is 9.53 Å². The summed E-state index contributed by atoms with van der Waals surface area (Å²) in [6, 6.07) is 13.6. The number of carbonyl (C=O) groups is 1. The van der Waals surface area contributed by atoms with Crippen LogP contribution in [0.1, 0.15) is 29.8 Å². The molecule has 2 aromatic carbocycles. The van der Waals surface area contributed by atoms with Crippen molar-refractivity contribution in [1.29, 1.82) is 0 Å². The lowest BCUT2D eigenvalue weighted by Gasteiger charge is -2.12. The first-order chi connectivity index (χ1) is 11.0. The fourth-order valence-electron chi connectivity index (χ4n) is 1.79. The van der Waals surface area contributed by atoms with Crippen molar-refractivity contribution in [2.24, 2.45) is 5.10 Å². The maximum atomic E-state index is 12.1. The first kappa shape index (κ1) is 18.2. The molecule has 0 unspecified atom stereocenters. The second-order valence-electron chi connectivity index (χ2n) is 5.04. The molecule has 2 rings (SSSR count). The van der Waals surface area contributed by atoms with Crippen LogP contribution in [0, 0.1) is 7.14 Å². The number of rotatable bonds is 5. The van der Waals surface area contributed by atoms with Crippen LogP contribution in [0.2, 0.25) is 0 Å². The number of halogens is 2. The smallest absolute Gasteiger partial charge is 0.271 e. The van der Waals surface area contributed by atoms with Crippen LogP contribution in [0.4, 0.5) is 0 Å². The predicted octanol–water partition coefficient (Wildman–Crippen LogP) is 4.60. The second kappa shape index (κ2) is 8.62. The van der Waals surface area contributed by atoms with Gasteiger partial charge in [0, 0.05) is 11.3 Å². The number of hydrogen-bond donors (Lipinski definition) is 1. The molecule has 1 N–H and O–H groups in total. The Labute approximate surface area is 163 Å². The minimum atomic E-state index is -0.225. The zero-order valence-electron chi connectivity index (χ0n) is 12.8. The molecule has 0 saturated carbocycles. The normalized spacial score (nSPS) is 10.1. The van der Waals surface area contributed by atoms with Crippen LogP contribution in [0.15, 0.2) is 47.6 Å². The van der Waals surface area contributed by atoms with Crippen LogP contribution in [0.5, 0.6) is 5.75 Å². The summed E-state index contributed by atoms with van der Waals surface area (Å²) in [4.78, 5) is 12.1. The van der Waals surface area contributed by atoms with Crippen molar-refractivity contribution in [1.82, 2.24) is 5.43 Å². The molecule has 0 fully saturated rings. The Balaban J connectivity index is 2.14. The molecule has 0 aliphatic heterocycles. The van der Waals surface area contributed by atoms with E-state index in [1.807, 2.05) is 44.2 Å². The second-order valence-corrected chi connectivity index (χ2v) is 7.37. The Kier molecular flexibility index (Phi) is 6.82. The monoisotopic (exact) mass is 534 g/mol. The SMILES string of the molecule is CC(C)=NNC(=O)c1cc(I)c(OCc2ccccc2)c(I)c1. The maximum absolute atomic E-state index is 12.1. The van der Waals surface area contributed by atoms with E-state index >= 15 is 0 Å². The third-order valence-corrected chi connectivity index (χ3v) is 4.47. The lowest BCUT2D eigenvalue weighted by Crippen LogP contribution is -2.19. The topological polar surface area (TPSA) is 50.7 Å². The molecule has 0 aromatic heterocycles. The third-order valence-electron chi connectivity index (χ3n) is 2.87. The van der Waals surface area contributed by atoms with Gasteiger partial charge in [0.15, 0.2) is 0 Å². The third kappa shape index (κ3) is 5.45. The molecule has 6 heteroatoms. The number of hydrogen-bond acceptors (Lipinski definition) is 3. The van der Waals surface area contributed by atoms with Crippen LogP contribution in [-0.2, 0) is 6.61 Å². The summed E-state index contributed by atoms with van der Waals surface area (Å²) in [5.74, 6) is 0.568. The highest BCUT2D eigenvalue weighted by atomic mass is 127. The first-order valence-corrected chi connectivity index (χ1v) is 9.10. The maximum Gasteiger partial charge on any atom is 0.271 e. The molecule has 4 nitrogen and oxygen atoms in total. The fourth-order valence-corrected chi connectivity index (χ4v) is 3.87. The van der Waals surface area contributed by atoms with Crippen molar-refractivity contribution in [2.75, 3.05) is 0 Å². The Bertz CT molecular complexity index is 704. The standard InChI is InChI=1S/C17H16I2N2O2/c1-11(2)20-21-17(22)13-8-14(18)16(15(19)9-13)23-10-12-6-4-3-5-7-12/h3-9H,10H2,1-2H3,(H,21,22). The summed E-state index contributed by atoms with van der Waals surface area (Å²) in [7, 11) is 0. The van der Waals surface area contributed by atoms with Gasteiger partial charge in [-0.1, -0.05) is 30.3 Å². The van der Waals surface area contributed by atoms with Gasteiger partial charge in [0.2, 0.25) is 0 Å². The van der Waals surface area contributed by atoms with Gasteiger partial charge < -0.3 is 4.74 Å². The molecule has 0 bridgehead atoms. The predicted molar refractivity (Wildman–Crippen MR) is 109 cm³/mol. The molecule has 0 spiro atoms. The zero-order valence-corrected chi connectivity index (χ0v) is 17.1. The minimum Gasteiger partial charge on any atom is -0.487 e. The van der Waals surface area contributed by atoms with E-state index < -0.39 is 0 Å². The van der Waals surface area contributed by atoms with Gasteiger partial charge in [0.05, 0.1) is 7.14 Å². The van der Waals surface area contributed by atoms with Crippen LogP contribution in [0.3, 0.4) is 0 Å². The number of carbonyl (C=O) groups excluding carboxylic acids is 1. The molecule has 0 atom stereocenters. The van der Waals surface area contributed by atoms with Crippen LogP contribution in [-0.4, -0.2) is 11.6 Å². The molecule has 0 heterocycles. The Morgan fingerprint density at radius 2 is 1.74 bits per heavy atom. The molecule has 0 saturated heterocycles. The fraction of sp³-hybridized carbons (Fsp3) is 0.176. The van der Waals surface area contributed by atoms with Gasteiger partial charge in [-0.15, -0.1) is 0 Å². The van der Waals surface area contributed by atoms with Crippen molar-refractivity contribution >= 4 is 56.8 Å². The number of benzene rings is 2. The average molecular weight is 534 g/mol. The quantitative estimate of drug-likeness (QED) is 0.347. The Hall–Kier alpha value is -1.16. The van der Waals surface area contributed by atoms with Gasteiger partial charge >= 0.3 is 0 Å². The zero-order chi connectivity index (χ0) is 16.8. The highest BCUT2D eigenvalue weighted by Gasteiger charge is 2.13. The van der Waals surface area contributed by atoms with E-state index in [0.717, 1.165) is 24.2 Å². The van der Waals surface area contributed by atoms with Gasteiger partial charge in [0.25, 0.3) is 5.91 Å². The molecule has 0 radical (unpaired) electrons. The summed E-state index contributed by atoms with van der Waals surface area (Å²) in [6.07, 6.45) is 0. The first-order valence-electron chi connectivity index (χ1n) is 6.94. The highest BCUT2D eigenvalue weighted by Crippen LogP contribution is 2.29. The van der Waals surface area contributed by atoms with Gasteiger partial charge in [-0.2, -0.15) is 5.10 Å². The van der Waals surface area contributed by atoms with Crippen LogP contribution >= 0.6 is 45.2 Å². The van der Waals surface area contributed by atoms with E-state index in [1.165, 1.54) is 0 Å². The molecular weight excluding hydrogens is 518 g/mol. The van der Waals surface area contributed by atoms with E-state index in [4.69, 9.17) is 4.74 Å². The van der Waals surface area contributed by atoms with E-state index in [9.17, 15) is 4.79 Å². The van der Waals surface area contributed by atoms with Gasteiger partial charge in [0.1, 0.15) is 12.4 Å². The summed E-state index contributed by atoms with van der Waals surface area (Å²) < 4.78 is 7.70. The summed E-state index contributed by atoms with van der Waals surface area (Å²) >= 11 is 4.37. The van der Waals surface area contributed by atoms with Crippen molar-refractivity contribution in [2.45, 2.75) is 20.5 Å². The minimum absolute atomic E-state index is 0.225. The average Bonchev–Trinajstić information content (AvgIpc) is 2.52.